The third-order valence-electron chi connectivity index (χ3n) is 2.79. The molecule has 1 amide bonds. The van der Waals surface area contributed by atoms with Crippen molar-refractivity contribution in [3.8, 4) is 5.75 Å². The molecule has 2 rings (SSSR count). The molecule has 1 aliphatic heterocycles. The molecule has 0 atom stereocenters. The molecule has 0 bridgehead atoms. The highest BCUT2D eigenvalue weighted by Crippen LogP contribution is 2.28. The number of ether oxygens (including phenoxy) is 2. The average molecular weight is 235 g/mol. The van der Waals surface area contributed by atoms with Gasteiger partial charge in [-0.15, -0.1) is 0 Å². The van der Waals surface area contributed by atoms with Crippen molar-refractivity contribution in [2.24, 2.45) is 5.41 Å². The molecule has 1 aromatic carbocycles. The molecule has 0 aromatic heterocycles. The highest BCUT2D eigenvalue weighted by molar-refractivity contribution is 5.95. The standard InChI is InChI=1S/C13H17NO3/c1-3-17-11-6-4-5-10(7-11)14-12(15)13(2)8-16-9-13/h4-7H,3,8-9H2,1-2H3,(H,14,15). The van der Waals surface area contributed by atoms with Crippen LogP contribution in [0.4, 0.5) is 5.69 Å². The first-order valence-electron chi connectivity index (χ1n) is 5.76. The fourth-order valence-electron chi connectivity index (χ4n) is 1.65. The van der Waals surface area contributed by atoms with Gasteiger partial charge in [0.25, 0.3) is 0 Å². The molecule has 0 spiro atoms. The molecule has 0 saturated carbocycles. The molecule has 92 valence electrons. The minimum atomic E-state index is -0.387. The summed E-state index contributed by atoms with van der Waals surface area (Å²) in [5.74, 6) is 0.762. The predicted molar refractivity (Wildman–Crippen MR) is 65.2 cm³/mol. The predicted octanol–water partition coefficient (Wildman–Crippen LogP) is 2.06. The maximum absolute atomic E-state index is 12.0. The van der Waals surface area contributed by atoms with E-state index in [1.807, 2.05) is 38.1 Å². The maximum atomic E-state index is 12.0. The number of amides is 1. The molecular formula is C13H17NO3. The molecule has 0 aliphatic carbocycles. The number of hydrogen-bond donors (Lipinski definition) is 1. The van der Waals surface area contributed by atoms with E-state index in [0.29, 0.717) is 19.8 Å². The molecule has 4 heteroatoms. The van der Waals surface area contributed by atoms with E-state index in [4.69, 9.17) is 9.47 Å². The van der Waals surface area contributed by atoms with Crippen LogP contribution in [0.2, 0.25) is 0 Å². The number of carbonyl (C=O) groups is 1. The first-order valence-corrected chi connectivity index (χ1v) is 5.76. The van der Waals surface area contributed by atoms with Gasteiger partial charge in [0.1, 0.15) is 5.75 Å². The van der Waals surface area contributed by atoms with E-state index in [-0.39, 0.29) is 11.3 Å². The molecule has 0 unspecified atom stereocenters. The van der Waals surface area contributed by atoms with Gasteiger partial charge in [0, 0.05) is 11.8 Å². The van der Waals surface area contributed by atoms with Crippen molar-refractivity contribution in [2.45, 2.75) is 13.8 Å². The summed E-state index contributed by atoms with van der Waals surface area (Å²) in [5.41, 5.74) is 0.371. The normalized spacial score (nSPS) is 17.1. The summed E-state index contributed by atoms with van der Waals surface area (Å²) < 4.78 is 10.5. The Kier molecular flexibility index (Phi) is 3.33. The Balaban J connectivity index is 2.02. The van der Waals surface area contributed by atoms with E-state index in [2.05, 4.69) is 5.32 Å². The van der Waals surface area contributed by atoms with Gasteiger partial charge in [-0.25, -0.2) is 0 Å². The van der Waals surface area contributed by atoms with Crippen molar-refractivity contribution in [3.63, 3.8) is 0 Å². The third kappa shape index (κ3) is 2.58. The Morgan fingerprint density at radius 3 is 2.88 bits per heavy atom. The molecule has 17 heavy (non-hydrogen) atoms. The topological polar surface area (TPSA) is 47.6 Å². The Bertz CT molecular complexity index is 413. The van der Waals surface area contributed by atoms with Crippen molar-refractivity contribution in [1.29, 1.82) is 0 Å². The quantitative estimate of drug-likeness (QED) is 0.869. The lowest BCUT2D eigenvalue weighted by molar-refractivity contribution is -0.151. The van der Waals surface area contributed by atoms with E-state index in [1.54, 1.807) is 0 Å². The second kappa shape index (κ2) is 4.75. The molecule has 1 aliphatic rings. The van der Waals surface area contributed by atoms with Crippen molar-refractivity contribution >= 4 is 11.6 Å². The lowest BCUT2D eigenvalue weighted by Gasteiger charge is -2.36. The zero-order valence-corrected chi connectivity index (χ0v) is 10.2. The summed E-state index contributed by atoms with van der Waals surface area (Å²) in [6, 6.07) is 7.40. The summed E-state index contributed by atoms with van der Waals surface area (Å²) in [6.07, 6.45) is 0. The van der Waals surface area contributed by atoms with E-state index in [9.17, 15) is 4.79 Å². The molecule has 4 nitrogen and oxygen atoms in total. The monoisotopic (exact) mass is 235 g/mol. The fraction of sp³-hybridized carbons (Fsp3) is 0.462. The van der Waals surface area contributed by atoms with Crippen molar-refractivity contribution in [1.82, 2.24) is 0 Å². The number of rotatable bonds is 4. The van der Waals surface area contributed by atoms with Gasteiger partial charge >= 0.3 is 0 Å². The Morgan fingerprint density at radius 1 is 1.53 bits per heavy atom. The molecule has 1 fully saturated rings. The summed E-state index contributed by atoms with van der Waals surface area (Å²) in [4.78, 5) is 12.0. The van der Waals surface area contributed by atoms with Gasteiger partial charge in [-0.3, -0.25) is 4.79 Å². The van der Waals surface area contributed by atoms with Crippen molar-refractivity contribution in [3.05, 3.63) is 24.3 Å². The first-order chi connectivity index (χ1) is 8.14. The van der Waals surface area contributed by atoms with Gasteiger partial charge < -0.3 is 14.8 Å². The maximum Gasteiger partial charge on any atom is 0.234 e. The van der Waals surface area contributed by atoms with E-state index in [0.717, 1.165) is 11.4 Å². The van der Waals surface area contributed by atoms with Crippen LogP contribution in [0.15, 0.2) is 24.3 Å². The number of hydrogen-bond acceptors (Lipinski definition) is 3. The summed E-state index contributed by atoms with van der Waals surface area (Å²) in [6.45, 7) is 5.42. The van der Waals surface area contributed by atoms with Crippen LogP contribution in [0.3, 0.4) is 0 Å². The van der Waals surface area contributed by atoms with Crippen molar-refractivity contribution in [2.75, 3.05) is 25.1 Å². The molecule has 0 radical (unpaired) electrons. The fourth-order valence-corrected chi connectivity index (χ4v) is 1.65. The van der Waals surface area contributed by atoms with Gasteiger partial charge in [0.15, 0.2) is 0 Å². The molecule has 1 N–H and O–H groups in total. The summed E-state index contributed by atoms with van der Waals surface area (Å²) in [5, 5.41) is 2.88. The van der Waals surface area contributed by atoms with Crippen LogP contribution in [-0.2, 0) is 9.53 Å². The van der Waals surface area contributed by atoms with Crippen molar-refractivity contribution < 1.29 is 14.3 Å². The van der Waals surface area contributed by atoms with Crippen LogP contribution in [0, 0.1) is 5.41 Å². The minimum absolute atomic E-state index is 0.00241. The second-order valence-electron chi connectivity index (χ2n) is 4.47. The SMILES string of the molecule is CCOc1cccc(NC(=O)C2(C)COC2)c1. The minimum Gasteiger partial charge on any atom is -0.494 e. The molecule has 1 aromatic rings. The highest BCUT2D eigenvalue weighted by atomic mass is 16.5. The zero-order valence-electron chi connectivity index (χ0n) is 10.2. The molecule has 1 saturated heterocycles. The number of carbonyl (C=O) groups excluding carboxylic acids is 1. The lowest BCUT2D eigenvalue weighted by atomic mass is 9.87. The third-order valence-corrected chi connectivity index (χ3v) is 2.79. The Hall–Kier alpha value is -1.55. The van der Waals surface area contributed by atoms with Gasteiger partial charge in [-0.1, -0.05) is 6.07 Å². The number of nitrogens with one attached hydrogen (secondary N) is 1. The zero-order chi connectivity index (χ0) is 12.3. The van der Waals surface area contributed by atoms with Crippen LogP contribution < -0.4 is 10.1 Å². The summed E-state index contributed by atoms with van der Waals surface area (Å²) >= 11 is 0. The van der Waals surface area contributed by atoms with E-state index in [1.165, 1.54) is 0 Å². The van der Waals surface area contributed by atoms with Gasteiger partial charge in [0.05, 0.1) is 25.2 Å². The van der Waals surface area contributed by atoms with Gasteiger partial charge in [-0.05, 0) is 26.0 Å². The van der Waals surface area contributed by atoms with Crippen LogP contribution in [-0.4, -0.2) is 25.7 Å². The summed E-state index contributed by atoms with van der Waals surface area (Å²) in [7, 11) is 0. The van der Waals surface area contributed by atoms with Gasteiger partial charge in [-0.2, -0.15) is 0 Å². The average Bonchev–Trinajstić information content (AvgIpc) is 2.26. The Morgan fingerprint density at radius 2 is 2.29 bits per heavy atom. The number of benzene rings is 1. The van der Waals surface area contributed by atoms with Gasteiger partial charge in [0.2, 0.25) is 5.91 Å². The molecular weight excluding hydrogens is 218 g/mol. The van der Waals surface area contributed by atoms with Crippen LogP contribution in [0.1, 0.15) is 13.8 Å². The van der Waals surface area contributed by atoms with E-state index >= 15 is 0 Å². The highest BCUT2D eigenvalue weighted by Gasteiger charge is 2.41. The number of anilines is 1. The molecule has 1 heterocycles. The Labute approximate surface area is 101 Å². The lowest BCUT2D eigenvalue weighted by Crippen LogP contribution is -2.49. The smallest absolute Gasteiger partial charge is 0.234 e. The largest absolute Gasteiger partial charge is 0.494 e. The van der Waals surface area contributed by atoms with Crippen LogP contribution in [0.25, 0.3) is 0 Å². The second-order valence-corrected chi connectivity index (χ2v) is 4.47. The first kappa shape index (κ1) is 11.9. The van der Waals surface area contributed by atoms with Crippen LogP contribution in [0.5, 0.6) is 5.75 Å². The van der Waals surface area contributed by atoms with E-state index < -0.39 is 0 Å². The van der Waals surface area contributed by atoms with Crippen LogP contribution >= 0.6 is 0 Å².